The summed E-state index contributed by atoms with van der Waals surface area (Å²) in [4.78, 5) is 22.6. The van der Waals surface area contributed by atoms with Crippen LogP contribution >= 0.6 is 12.6 Å². The summed E-state index contributed by atoms with van der Waals surface area (Å²) in [7, 11) is 0. The van der Waals surface area contributed by atoms with Crippen molar-refractivity contribution >= 4 is 24.6 Å². The van der Waals surface area contributed by atoms with Gasteiger partial charge >= 0.3 is 11.9 Å². The van der Waals surface area contributed by atoms with E-state index in [0.717, 1.165) is 0 Å². The SMILES string of the molecule is CC(CS)C(=O)OC1(C)CCOC(=O)C1. The zero-order chi connectivity index (χ0) is 11.5. The molecule has 0 N–H and O–H groups in total. The predicted octanol–water partition coefficient (Wildman–Crippen LogP) is 1.19. The van der Waals surface area contributed by atoms with Crippen molar-refractivity contribution in [3.8, 4) is 0 Å². The summed E-state index contributed by atoms with van der Waals surface area (Å²) >= 11 is 4.03. The van der Waals surface area contributed by atoms with Crippen LogP contribution in [0.25, 0.3) is 0 Å². The Morgan fingerprint density at radius 3 is 2.93 bits per heavy atom. The van der Waals surface area contributed by atoms with Crippen LogP contribution in [0.4, 0.5) is 0 Å². The van der Waals surface area contributed by atoms with Crippen LogP contribution in [0.1, 0.15) is 26.7 Å². The van der Waals surface area contributed by atoms with Gasteiger partial charge in [0.05, 0.1) is 18.9 Å². The number of esters is 2. The zero-order valence-corrected chi connectivity index (χ0v) is 9.88. The minimum absolute atomic E-state index is 0.137. The molecule has 1 fully saturated rings. The highest BCUT2D eigenvalue weighted by Gasteiger charge is 2.36. The van der Waals surface area contributed by atoms with E-state index in [-0.39, 0.29) is 24.3 Å². The Morgan fingerprint density at radius 1 is 1.73 bits per heavy atom. The lowest BCUT2D eigenvalue weighted by molar-refractivity contribution is -0.177. The number of ether oxygens (including phenoxy) is 2. The molecule has 0 amide bonds. The third kappa shape index (κ3) is 3.41. The Kier molecular flexibility index (Phi) is 4.02. The minimum atomic E-state index is -0.705. The van der Waals surface area contributed by atoms with Gasteiger partial charge in [0.1, 0.15) is 5.60 Å². The Balaban J connectivity index is 2.55. The molecule has 1 rings (SSSR count). The molecule has 15 heavy (non-hydrogen) atoms. The van der Waals surface area contributed by atoms with Gasteiger partial charge in [-0.1, -0.05) is 6.92 Å². The molecule has 1 aliphatic heterocycles. The number of carbonyl (C=O) groups is 2. The van der Waals surface area contributed by atoms with Crippen molar-refractivity contribution in [3.05, 3.63) is 0 Å². The first-order valence-corrected chi connectivity index (χ1v) is 5.59. The Morgan fingerprint density at radius 2 is 2.40 bits per heavy atom. The summed E-state index contributed by atoms with van der Waals surface area (Å²) in [5.74, 6) is -0.417. The molecule has 0 spiro atoms. The number of cyclic esters (lactones) is 1. The highest BCUT2D eigenvalue weighted by atomic mass is 32.1. The second-order valence-corrected chi connectivity index (χ2v) is 4.47. The normalized spacial score (nSPS) is 28.1. The quantitative estimate of drug-likeness (QED) is 0.586. The Labute approximate surface area is 94.7 Å². The fraction of sp³-hybridized carbons (Fsp3) is 0.800. The standard InChI is InChI=1S/C10H16O4S/c1-7(6-15)9(12)14-10(2)3-4-13-8(11)5-10/h7,15H,3-6H2,1-2H3. The van der Waals surface area contributed by atoms with E-state index >= 15 is 0 Å². The third-order valence-electron chi connectivity index (χ3n) is 2.44. The molecule has 0 bridgehead atoms. The van der Waals surface area contributed by atoms with Crippen molar-refractivity contribution in [3.63, 3.8) is 0 Å². The molecule has 1 saturated heterocycles. The minimum Gasteiger partial charge on any atom is -0.465 e. The lowest BCUT2D eigenvalue weighted by Gasteiger charge is -2.32. The van der Waals surface area contributed by atoms with Crippen LogP contribution in [0.5, 0.6) is 0 Å². The highest BCUT2D eigenvalue weighted by molar-refractivity contribution is 7.80. The number of thiol groups is 1. The van der Waals surface area contributed by atoms with Crippen molar-refractivity contribution in [2.24, 2.45) is 5.92 Å². The fourth-order valence-electron chi connectivity index (χ4n) is 1.33. The zero-order valence-electron chi connectivity index (χ0n) is 8.99. The van der Waals surface area contributed by atoms with E-state index in [0.29, 0.717) is 18.8 Å². The van der Waals surface area contributed by atoms with Gasteiger partial charge in [0.15, 0.2) is 0 Å². The molecule has 2 atom stereocenters. The van der Waals surface area contributed by atoms with Crippen molar-refractivity contribution in [1.29, 1.82) is 0 Å². The molecule has 4 nitrogen and oxygen atoms in total. The second-order valence-electron chi connectivity index (χ2n) is 4.10. The van der Waals surface area contributed by atoms with E-state index < -0.39 is 5.60 Å². The average Bonchev–Trinajstić information content (AvgIpc) is 2.15. The van der Waals surface area contributed by atoms with Crippen molar-refractivity contribution in [1.82, 2.24) is 0 Å². The maximum absolute atomic E-state index is 11.5. The van der Waals surface area contributed by atoms with Crippen molar-refractivity contribution in [2.45, 2.75) is 32.3 Å². The topological polar surface area (TPSA) is 52.6 Å². The maximum atomic E-state index is 11.5. The molecular weight excluding hydrogens is 216 g/mol. The van der Waals surface area contributed by atoms with Gasteiger partial charge in [-0.25, -0.2) is 0 Å². The van der Waals surface area contributed by atoms with Gasteiger partial charge in [0, 0.05) is 12.2 Å². The number of hydrogen-bond acceptors (Lipinski definition) is 5. The Hall–Kier alpha value is -0.710. The first-order chi connectivity index (χ1) is 6.97. The summed E-state index contributed by atoms with van der Waals surface area (Å²) in [6.45, 7) is 3.83. The van der Waals surface area contributed by atoms with Crippen molar-refractivity contribution in [2.75, 3.05) is 12.4 Å². The van der Waals surface area contributed by atoms with Crippen LogP contribution in [0.15, 0.2) is 0 Å². The summed E-state index contributed by atoms with van der Waals surface area (Å²) in [5.41, 5.74) is -0.705. The summed E-state index contributed by atoms with van der Waals surface area (Å²) in [6, 6.07) is 0. The van der Waals surface area contributed by atoms with Crippen LogP contribution in [0, 0.1) is 5.92 Å². The molecule has 0 aromatic rings. The lowest BCUT2D eigenvalue weighted by Crippen LogP contribution is -2.41. The molecule has 0 aromatic heterocycles. The van der Waals surface area contributed by atoms with E-state index in [4.69, 9.17) is 9.47 Å². The molecule has 0 radical (unpaired) electrons. The van der Waals surface area contributed by atoms with E-state index in [1.807, 2.05) is 0 Å². The molecule has 0 aromatic carbocycles. The van der Waals surface area contributed by atoms with Gasteiger partial charge < -0.3 is 9.47 Å². The first-order valence-electron chi connectivity index (χ1n) is 4.96. The maximum Gasteiger partial charge on any atom is 0.310 e. The molecule has 0 aliphatic carbocycles. The smallest absolute Gasteiger partial charge is 0.310 e. The van der Waals surface area contributed by atoms with Crippen LogP contribution in [-0.4, -0.2) is 29.9 Å². The third-order valence-corrected chi connectivity index (χ3v) is 2.98. The van der Waals surface area contributed by atoms with Crippen LogP contribution in [0.2, 0.25) is 0 Å². The van der Waals surface area contributed by atoms with E-state index in [2.05, 4.69) is 12.6 Å². The number of hydrogen-bond donors (Lipinski definition) is 1. The monoisotopic (exact) mass is 232 g/mol. The van der Waals surface area contributed by atoms with E-state index in [9.17, 15) is 9.59 Å². The molecule has 86 valence electrons. The predicted molar refractivity (Wildman–Crippen MR) is 57.7 cm³/mol. The van der Waals surface area contributed by atoms with Crippen LogP contribution in [-0.2, 0) is 19.1 Å². The molecule has 2 unspecified atom stereocenters. The van der Waals surface area contributed by atoms with Gasteiger partial charge in [-0.2, -0.15) is 12.6 Å². The van der Waals surface area contributed by atoms with Crippen LogP contribution < -0.4 is 0 Å². The van der Waals surface area contributed by atoms with Gasteiger partial charge in [-0.15, -0.1) is 0 Å². The van der Waals surface area contributed by atoms with Gasteiger partial charge in [-0.3, -0.25) is 9.59 Å². The number of carbonyl (C=O) groups excluding carboxylic acids is 2. The van der Waals surface area contributed by atoms with Crippen LogP contribution in [0.3, 0.4) is 0 Å². The second kappa shape index (κ2) is 4.88. The highest BCUT2D eigenvalue weighted by Crippen LogP contribution is 2.26. The average molecular weight is 232 g/mol. The molecule has 1 aliphatic rings. The lowest BCUT2D eigenvalue weighted by atomic mass is 9.96. The molecule has 0 saturated carbocycles. The van der Waals surface area contributed by atoms with E-state index in [1.54, 1.807) is 13.8 Å². The fourth-order valence-corrected chi connectivity index (χ4v) is 1.48. The molecule has 1 heterocycles. The molecular formula is C10H16O4S. The van der Waals surface area contributed by atoms with Gasteiger partial charge in [-0.05, 0) is 6.92 Å². The van der Waals surface area contributed by atoms with E-state index in [1.165, 1.54) is 0 Å². The molecule has 5 heteroatoms. The van der Waals surface area contributed by atoms with Gasteiger partial charge in [0.2, 0.25) is 0 Å². The Bertz CT molecular complexity index is 266. The first kappa shape index (κ1) is 12.4. The summed E-state index contributed by atoms with van der Waals surface area (Å²) in [5, 5.41) is 0. The number of rotatable bonds is 3. The largest absolute Gasteiger partial charge is 0.465 e. The van der Waals surface area contributed by atoms with Crippen molar-refractivity contribution < 1.29 is 19.1 Å². The summed E-state index contributed by atoms with van der Waals surface area (Å²) in [6.07, 6.45) is 0.696. The summed E-state index contributed by atoms with van der Waals surface area (Å²) < 4.78 is 10.1. The van der Waals surface area contributed by atoms with Gasteiger partial charge in [0.25, 0.3) is 0 Å².